The molecule has 1 heterocycles. The first-order valence-corrected chi connectivity index (χ1v) is 7.54. The molecule has 0 radical (unpaired) electrons. The van der Waals surface area contributed by atoms with Crippen LogP contribution in [0.2, 0.25) is 5.02 Å². The van der Waals surface area contributed by atoms with Crippen LogP contribution in [0.1, 0.15) is 16.7 Å². The van der Waals surface area contributed by atoms with E-state index in [1.807, 2.05) is 26.0 Å². The topological polar surface area (TPSA) is 42.2 Å². The monoisotopic (exact) mass is 331 g/mol. The van der Waals surface area contributed by atoms with Crippen molar-refractivity contribution in [2.45, 2.75) is 20.3 Å². The first-order valence-electron chi connectivity index (χ1n) is 7.16. The first kappa shape index (κ1) is 15.6. The number of halogens is 2. The first-order chi connectivity index (χ1) is 10.9. The lowest BCUT2D eigenvalue weighted by molar-refractivity contribution is -0.115. The maximum absolute atomic E-state index is 13.0. The van der Waals surface area contributed by atoms with Gasteiger partial charge in [-0.1, -0.05) is 11.6 Å². The molecular weight excluding hydrogens is 317 g/mol. The van der Waals surface area contributed by atoms with Crippen molar-refractivity contribution < 1.29 is 13.6 Å². The highest BCUT2D eigenvalue weighted by molar-refractivity contribution is 6.33. The van der Waals surface area contributed by atoms with E-state index in [-0.39, 0.29) is 17.4 Å². The number of rotatable bonds is 3. The van der Waals surface area contributed by atoms with Crippen molar-refractivity contribution in [2.75, 3.05) is 5.32 Å². The van der Waals surface area contributed by atoms with Crippen LogP contribution in [0.3, 0.4) is 0 Å². The predicted molar refractivity (Wildman–Crippen MR) is 89.4 cm³/mol. The quantitative estimate of drug-likeness (QED) is 0.732. The summed E-state index contributed by atoms with van der Waals surface area (Å²) in [7, 11) is 0. The highest BCUT2D eigenvalue weighted by atomic mass is 35.5. The third kappa shape index (κ3) is 3.22. The van der Waals surface area contributed by atoms with Gasteiger partial charge in [0.15, 0.2) is 0 Å². The molecule has 3 aromatic rings. The zero-order chi connectivity index (χ0) is 16.6. The molecule has 0 saturated carbocycles. The molecule has 1 amide bonds. The number of furan rings is 1. The second-order valence-corrected chi connectivity index (χ2v) is 5.95. The van der Waals surface area contributed by atoms with Gasteiger partial charge in [-0.2, -0.15) is 0 Å². The van der Waals surface area contributed by atoms with Crippen molar-refractivity contribution in [3.05, 3.63) is 64.1 Å². The summed E-state index contributed by atoms with van der Waals surface area (Å²) >= 11 is 5.92. The van der Waals surface area contributed by atoms with Gasteiger partial charge in [-0.15, -0.1) is 0 Å². The molecule has 0 saturated heterocycles. The number of anilines is 1. The Bertz CT molecular complexity index is 901. The molecule has 0 atom stereocenters. The highest BCUT2D eigenvalue weighted by Gasteiger charge is 2.13. The van der Waals surface area contributed by atoms with E-state index in [0.717, 1.165) is 33.7 Å². The molecule has 0 spiro atoms. The Hall–Kier alpha value is -2.33. The molecule has 3 nitrogen and oxygen atoms in total. The highest BCUT2D eigenvalue weighted by Crippen LogP contribution is 2.26. The SMILES string of the molecule is Cc1cc2occ(CC(=O)Nc3ccc(F)cc3Cl)c2cc1C. The zero-order valence-corrected chi connectivity index (χ0v) is 13.5. The van der Waals surface area contributed by atoms with Crippen LogP contribution in [0.5, 0.6) is 0 Å². The van der Waals surface area contributed by atoms with Crippen LogP contribution >= 0.6 is 11.6 Å². The second-order valence-electron chi connectivity index (χ2n) is 5.54. The Morgan fingerprint density at radius 2 is 1.96 bits per heavy atom. The molecule has 0 aliphatic carbocycles. The number of benzene rings is 2. The van der Waals surface area contributed by atoms with Crippen LogP contribution in [0.25, 0.3) is 11.0 Å². The number of amides is 1. The number of carbonyl (C=O) groups is 1. The minimum absolute atomic E-state index is 0.156. The lowest BCUT2D eigenvalue weighted by Crippen LogP contribution is -2.14. The van der Waals surface area contributed by atoms with Crippen LogP contribution in [0.15, 0.2) is 41.0 Å². The summed E-state index contributed by atoms with van der Waals surface area (Å²) in [4.78, 5) is 12.2. The molecule has 0 fully saturated rings. The van der Waals surface area contributed by atoms with Gasteiger partial charge in [-0.25, -0.2) is 4.39 Å². The van der Waals surface area contributed by atoms with Crippen molar-refractivity contribution in [2.24, 2.45) is 0 Å². The molecule has 0 aliphatic rings. The number of fused-ring (bicyclic) bond motifs is 1. The van der Waals surface area contributed by atoms with E-state index in [9.17, 15) is 9.18 Å². The number of hydrogen-bond donors (Lipinski definition) is 1. The summed E-state index contributed by atoms with van der Waals surface area (Å²) in [6.07, 6.45) is 1.75. The fourth-order valence-electron chi connectivity index (χ4n) is 2.43. The van der Waals surface area contributed by atoms with Gasteiger partial charge in [-0.05, 0) is 55.3 Å². The van der Waals surface area contributed by atoms with E-state index in [1.165, 1.54) is 12.1 Å². The Morgan fingerprint density at radius 3 is 2.70 bits per heavy atom. The summed E-state index contributed by atoms with van der Waals surface area (Å²) in [5.41, 5.74) is 4.23. The fraction of sp³-hybridized carbons (Fsp3) is 0.167. The van der Waals surface area contributed by atoms with Crippen molar-refractivity contribution in [1.29, 1.82) is 0 Å². The van der Waals surface area contributed by atoms with Gasteiger partial charge in [0.25, 0.3) is 0 Å². The molecule has 0 bridgehead atoms. The van der Waals surface area contributed by atoms with E-state index < -0.39 is 5.82 Å². The maximum Gasteiger partial charge on any atom is 0.228 e. The Kier molecular flexibility index (Phi) is 4.09. The van der Waals surface area contributed by atoms with Gasteiger partial charge in [0, 0.05) is 10.9 Å². The molecule has 2 aromatic carbocycles. The summed E-state index contributed by atoms with van der Waals surface area (Å²) < 4.78 is 18.5. The molecule has 0 aliphatic heterocycles. The van der Waals surface area contributed by atoms with Crippen LogP contribution in [0, 0.1) is 19.7 Å². The van der Waals surface area contributed by atoms with Crippen molar-refractivity contribution in [3.8, 4) is 0 Å². The van der Waals surface area contributed by atoms with E-state index >= 15 is 0 Å². The van der Waals surface area contributed by atoms with E-state index in [2.05, 4.69) is 5.32 Å². The summed E-state index contributed by atoms with van der Waals surface area (Å²) in [5.74, 6) is -0.681. The lowest BCUT2D eigenvalue weighted by Gasteiger charge is -2.07. The number of carbonyl (C=O) groups excluding carboxylic acids is 1. The molecule has 5 heteroatoms. The molecule has 0 unspecified atom stereocenters. The number of aryl methyl sites for hydroxylation is 2. The molecule has 23 heavy (non-hydrogen) atoms. The predicted octanol–water partition coefficient (Wildman–Crippen LogP) is 5.02. The number of nitrogens with one attached hydrogen (secondary N) is 1. The van der Waals surface area contributed by atoms with Crippen molar-refractivity contribution >= 4 is 34.2 Å². The maximum atomic E-state index is 13.0. The van der Waals surface area contributed by atoms with Crippen molar-refractivity contribution in [3.63, 3.8) is 0 Å². The van der Waals surface area contributed by atoms with Gasteiger partial charge in [-0.3, -0.25) is 4.79 Å². The average molecular weight is 332 g/mol. The Balaban J connectivity index is 1.81. The molecule has 118 valence electrons. The molecule has 1 N–H and O–H groups in total. The van der Waals surface area contributed by atoms with E-state index in [1.54, 1.807) is 6.26 Å². The standard InChI is InChI=1S/C18H15ClFNO2/c1-10-5-14-12(9-23-17(14)6-11(10)2)7-18(22)21-16-4-3-13(20)8-15(16)19/h3-6,8-9H,7H2,1-2H3,(H,21,22). The van der Waals surface area contributed by atoms with Gasteiger partial charge in [0.2, 0.25) is 5.91 Å². The van der Waals surface area contributed by atoms with Crippen LogP contribution in [-0.4, -0.2) is 5.91 Å². The smallest absolute Gasteiger partial charge is 0.228 e. The largest absolute Gasteiger partial charge is 0.464 e. The zero-order valence-electron chi connectivity index (χ0n) is 12.7. The summed E-state index contributed by atoms with van der Waals surface area (Å²) in [6.45, 7) is 4.03. The summed E-state index contributed by atoms with van der Waals surface area (Å²) in [6, 6.07) is 7.83. The lowest BCUT2D eigenvalue weighted by atomic mass is 10.0. The van der Waals surface area contributed by atoms with Crippen LogP contribution < -0.4 is 5.32 Å². The van der Waals surface area contributed by atoms with Gasteiger partial charge in [0.1, 0.15) is 11.4 Å². The molecule has 3 rings (SSSR count). The Labute approximate surface area is 138 Å². The molecule has 1 aromatic heterocycles. The van der Waals surface area contributed by atoms with E-state index in [0.29, 0.717) is 5.69 Å². The second kappa shape index (κ2) is 6.05. The van der Waals surface area contributed by atoms with Crippen LogP contribution in [0.4, 0.5) is 10.1 Å². The minimum Gasteiger partial charge on any atom is -0.464 e. The third-order valence-corrected chi connectivity index (χ3v) is 4.14. The third-order valence-electron chi connectivity index (χ3n) is 3.83. The normalized spacial score (nSPS) is 11.0. The van der Waals surface area contributed by atoms with Crippen LogP contribution in [-0.2, 0) is 11.2 Å². The van der Waals surface area contributed by atoms with Crippen molar-refractivity contribution in [1.82, 2.24) is 0 Å². The average Bonchev–Trinajstić information content (AvgIpc) is 2.85. The van der Waals surface area contributed by atoms with Gasteiger partial charge in [0.05, 0.1) is 23.4 Å². The fourth-order valence-corrected chi connectivity index (χ4v) is 2.65. The Morgan fingerprint density at radius 1 is 1.22 bits per heavy atom. The van der Waals surface area contributed by atoms with E-state index in [4.69, 9.17) is 16.0 Å². The minimum atomic E-state index is -0.445. The number of hydrogen-bond acceptors (Lipinski definition) is 2. The molecular formula is C18H15ClFNO2. The van der Waals surface area contributed by atoms with Gasteiger partial charge < -0.3 is 9.73 Å². The summed E-state index contributed by atoms with van der Waals surface area (Å²) in [5, 5.41) is 3.78. The van der Waals surface area contributed by atoms with Gasteiger partial charge >= 0.3 is 0 Å².